The monoisotopic (exact) mass is 553 g/mol. The second kappa shape index (κ2) is 14.0. The summed E-state index contributed by atoms with van der Waals surface area (Å²) in [5.74, 6) is -0.953. The van der Waals surface area contributed by atoms with Crippen LogP contribution in [0.15, 0.2) is 97.6 Å². The van der Waals surface area contributed by atoms with E-state index in [1.165, 1.54) is 6.33 Å². The molecular formula is C31H28ClN5O3. The number of carbonyl (C=O) groups excluding carboxylic acids is 2. The van der Waals surface area contributed by atoms with E-state index in [9.17, 15) is 14.9 Å². The molecule has 0 radical (unpaired) electrons. The van der Waals surface area contributed by atoms with Gasteiger partial charge in [0.2, 0.25) is 5.91 Å². The summed E-state index contributed by atoms with van der Waals surface area (Å²) in [7, 11) is 0. The Bertz CT molecular complexity index is 1480. The van der Waals surface area contributed by atoms with E-state index in [0.29, 0.717) is 17.2 Å². The van der Waals surface area contributed by atoms with E-state index < -0.39 is 30.0 Å². The first-order valence-corrected chi connectivity index (χ1v) is 13.1. The van der Waals surface area contributed by atoms with Gasteiger partial charge in [-0.15, -0.1) is 0 Å². The van der Waals surface area contributed by atoms with Gasteiger partial charge < -0.3 is 15.4 Å². The van der Waals surface area contributed by atoms with Crippen LogP contribution in [0.5, 0.6) is 0 Å². The minimum Gasteiger partial charge on any atom is -0.371 e. The predicted octanol–water partition coefficient (Wildman–Crippen LogP) is 4.75. The van der Waals surface area contributed by atoms with Gasteiger partial charge in [0.15, 0.2) is 0 Å². The maximum absolute atomic E-state index is 13.5. The van der Waals surface area contributed by atoms with Crippen LogP contribution in [0.4, 0.5) is 0 Å². The van der Waals surface area contributed by atoms with Crippen LogP contribution in [0.2, 0.25) is 5.02 Å². The number of ether oxygens (including phenoxy) is 1. The number of aromatic nitrogens is 2. The molecule has 3 atom stereocenters. The lowest BCUT2D eigenvalue weighted by Crippen LogP contribution is -2.52. The molecule has 1 heterocycles. The fourth-order valence-electron chi connectivity index (χ4n) is 4.05. The summed E-state index contributed by atoms with van der Waals surface area (Å²) in [6, 6.07) is 23.8. The lowest BCUT2D eigenvalue weighted by Gasteiger charge is -2.24. The zero-order valence-electron chi connectivity index (χ0n) is 21.8. The Balaban J connectivity index is 1.49. The summed E-state index contributed by atoms with van der Waals surface area (Å²) < 4.78 is 5.85. The van der Waals surface area contributed by atoms with Gasteiger partial charge in [-0.3, -0.25) is 9.59 Å². The van der Waals surface area contributed by atoms with Gasteiger partial charge in [-0.1, -0.05) is 66.2 Å². The first kappa shape index (κ1) is 28.4. The number of hydrogen-bond donors (Lipinski definition) is 2. The fourth-order valence-corrected chi connectivity index (χ4v) is 4.26. The van der Waals surface area contributed by atoms with Crippen molar-refractivity contribution in [1.29, 1.82) is 5.26 Å². The van der Waals surface area contributed by atoms with E-state index in [4.69, 9.17) is 16.3 Å². The van der Waals surface area contributed by atoms with E-state index >= 15 is 0 Å². The highest BCUT2D eigenvalue weighted by Crippen LogP contribution is 2.19. The highest BCUT2D eigenvalue weighted by molar-refractivity contribution is 6.30. The molecule has 4 aromatic rings. The number of nitrogens with zero attached hydrogens (tertiary/aromatic N) is 3. The molecule has 8 nitrogen and oxygen atoms in total. The van der Waals surface area contributed by atoms with Gasteiger partial charge in [0.25, 0.3) is 5.91 Å². The van der Waals surface area contributed by atoms with Crippen molar-refractivity contribution in [3.8, 4) is 17.2 Å². The summed E-state index contributed by atoms with van der Waals surface area (Å²) in [4.78, 5) is 34.8. The highest BCUT2D eigenvalue weighted by Gasteiger charge is 2.27. The number of halogens is 1. The smallest absolute Gasteiger partial charge is 0.251 e. The summed E-state index contributed by atoms with van der Waals surface area (Å²) in [5.41, 5.74) is 3.59. The molecule has 202 valence electrons. The van der Waals surface area contributed by atoms with E-state index in [1.54, 1.807) is 55.7 Å². The third-order valence-electron chi connectivity index (χ3n) is 6.23. The summed E-state index contributed by atoms with van der Waals surface area (Å²) in [6.45, 7) is 2.02. The Labute approximate surface area is 238 Å². The SMILES string of the molecule is C[C@@H](OCc1ccccc1)[C@@H](C#N)NC(=O)[C@H](Cc1cccc(Cl)c1)NC(=O)c1cccc(-c2cncnc2)c1. The van der Waals surface area contributed by atoms with Gasteiger partial charge in [0.05, 0.1) is 18.8 Å². The second-order valence-electron chi connectivity index (χ2n) is 9.19. The van der Waals surface area contributed by atoms with Gasteiger partial charge in [-0.2, -0.15) is 5.26 Å². The third-order valence-corrected chi connectivity index (χ3v) is 6.47. The van der Waals surface area contributed by atoms with Gasteiger partial charge in [-0.25, -0.2) is 9.97 Å². The molecule has 0 saturated heterocycles. The largest absolute Gasteiger partial charge is 0.371 e. The number of amides is 2. The molecule has 2 N–H and O–H groups in total. The maximum Gasteiger partial charge on any atom is 0.251 e. The molecule has 0 fully saturated rings. The number of carbonyl (C=O) groups is 2. The van der Waals surface area contributed by atoms with E-state index in [-0.39, 0.29) is 6.42 Å². The fraction of sp³-hybridized carbons (Fsp3) is 0.194. The van der Waals surface area contributed by atoms with Crippen LogP contribution in [-0.2, 0) is 22.6 Å². The first-order valence-electron chi connectivity index (χ1n) is 12.7. The number of nitrogens with one attached hydrogen (secondary N) is 2. The van der Waals surface area contributed by atoms with Crippen LogP contribution >= 0.6 is 11.6 Å². The van der Waals surface area contributed by atoms with Crippen molar-refractivity contribution in [2.75, 3.05) is 0 Å². The number of nitriles is 1. The summed E-state index contributed by atoms with van der Waals surface area (Å²) in [6.07, 6.45) is 4.31. The zero-order chi connectivity index (χ0) is 28.3. The molecular weight excluding hydrogens is 526 g/mol. The number of rotatable bonds is 11. The van der Waals surface area contributed by atoms with Crippen LogP contribution in [0.25, 0.3) is 11.1 Å². The summed E-state index contributed by atoms with van der Waals surface area (Å²) >= 11 is 6.16. The molecule has 0 aliphatic carbocycles. The lowest BCUT2D eigenvalue weighted by molar-refractivity contribution is -0.124. The molecule has 0 saturated carbocycles. The summed E-state index contributed by atoms with van der Waals surface area (Å²) in [5, 5.41) is 15.9. The standard InChI is InChI=1S/C31H28ClN5O3/c1-21(40-19-22-7-3-2-4-8-22)29(16-33)37-31(39)28(14-23-9-5-12-27(32)13-23)36-30(38)25-11-6-10-24(15-25)26-17-34-20-35-18-26/h2-13,15,17-18,20-21,28-29H,14,19H2,1H3,(H,36,38)(H,37,39)/t21-,28+,29-/m1/s1. The van der Waals surface area contributed by atoms with Crippen LogP contribution in [-0.4, -0.2) is 40.0 Å². The van der Waals surface area contributed by atoms with Crippen molar-refractivity contribution in [2.24, 2.45) is 0 Å². The van der Waals surface area contributed by atoms with Gasteiger partial charge in [-0.05, 0) is 47.9 Å². The third kappa shape index (κ3) is 7.96. The average Bonchev–Trinajstić information content (AvgIpc) is 2.99. The lowest BCUT2D eigenvalue weighted by atomic mass is 10.0. The Hall–Kier alpha value is -4.58. The van der Waals surface area contributed by atoms with Crippen molar-refractivity contribution in [3.05, 3.63) is 119 Å². The Morgan fingerprint density at radius 3 is 2.38 bits per heavy atom. The van der Waals surface area contributed by atoms with Crippen molar-refractivity contribution in [3.63, 3.8) is 0 Å². The second-order valence-corrected chi connectivity index (χ2v) is 9.62. The predicted molar refractivity (Wildman–Crippen MR) is 152 cm³/mol. The van der Waals surface area contributed by atoms with Gasteiger partial charge >= 0.3 is 0 Å². The van der Waals surface area contributed by atoms with Crippen LogP contribution < -0.4 is 10.6 Å². The zero-order valence-corrected chi connectivity index (χ0v) is 22.6. The molecule has 2 amide bonds. The van der Waals surface area contributed by atoms with Crippen molar-refractivity contribution < 1.29 is 14.3 Å². The van der Waals surface area contributed by atoms with E-state index in [0.717, 1.165) is 22.3 Å². The average molecular weight is 554 g/mol. The van der Waals surface area contributed by atoms with E-state index in [2.05, 4.69) is 26.7 Å². The molecule has 40 heavy (non-hydrogen) atoms. The van der Waals surface area contributed by atoms with E-state index in [1.807, 2.05) is 42.5 Å². The van der Waals surface area contributed by atoms with Crippen molar-refractivity contribution >= 4 is 23.4 Å². The van der Waals surface area contributed by atoms with Gasteiger partial charge in [0, 0.05) is 35.0 Å². The number of hydrogen-bond acceptors (Lipinski definition) is 6. The molecule has 0 bridgehead atoms. The van der Waals surface area contributed by atoms with Crippen molar-refractivity contribution in [2.45, 2.75) is 38.1 Å². The maximum atomic E-state index is 13.5. The van der Waals surface area contributed by atoms with Crippen LogP contribution in [0, 0.1) is 11.3 Å². The van der Waals surface area contributed by atoms with Gasteiger partial charge in [0.1, 0.15) is 18.4 Å². The molecule has 0 aliphatic rings. The van der Waals surface area contributed by atoms with Crippen LogP contribution in [0.1, 0.15) is 28.4 Å². The quantitative estimate of drug-likeness (QED) is 0.277. The van der Waals surface area contributed by atoms with Crippen molar-refractivity contribution in [1.82, 2.24) is 20.6 Å². The molecule has 0 aliphatic heterocycles. The molecule has 3 aromatic carbocycles. The molecule has 9 heteroatoms. The Kier molecular flexibility index (Phi) is 9.94. The minimum atomic E-state index is -0.980. The Morgan fingerprint density at radius 1 is 0.925 bits per heavy atom. The number of benzene rings is 3. The Morgan fingerprint density at radius 2 is 1.65 bits per heavy atom. The molecule has 4 rings (SSSR count). The van der Waals surface area contributed by atoms with Crippen LogP contribution in [0.3, 0.4) is 0 Å². The molecule has 0 unspecified atom stereocenters. The highest BCUT2D eigenvalue weighted by atomic mass is 35.5. The normalized spacial score (nSPS) is 12.9. The molecule has 1 aromatic heterocycles. The minimum absolute atomic E-state index is 0.168. The first-order chi connectivity index (χ1) is 19.4. The molecule has 0 spiro atoms. The topological polar surface area (TPSA) is 117 Å².